The van der Waals surface area contributed by atoms with Gasteiger partial charge in [0.1, 0.15) is 6.10 Å². The average molecular weight is 171 g/mol. The Bertz CT molecular complexity index is 168. The highest BCUT2D eigenvalue weighted by atomic mass is 16.5. The fraction of sp³-hybridized carbons (Fsp3) is 0.889. The molecule has 12 heavy (non-hydrogen) atoms. The van der Waals surface area contributed by atoms with Gasteiger partial charge in [0, 0.05) is 12.6 Å². The Kier molecular flexibility index (Phi) is 3.09. The molecule has 1 aliphatic heterocycles. The largest absolute Gasteiger partial charge is 0.368 e. The van der Waals surface area contributed by atoms with Gasteiger partial charge in [0.15, 0.2) is 0 Å². The van der Waals surface area contributed by atoms with E-state index in [0.29, 0.717) is 5.92 Å². The molecule has 0 radical (unpaired) electrons. The first kappa shape index (κ1) is 9.52. The summed E-state index contributed by atoms with van der Waals surface area (Å²) in [6.45, 7) is 6.68. The maximum atomic E-state index is 11.4. The van der Waals surface area contributed by atoms with Crippen LogP contribution in [0.15, 0.2) is 0 Å². The minimum atomic E-state index is -0.215. The number of rotatable bonds is 2. The maximum Gasteiger partial charge on any atom is 0.249 e. The molecule has 1 amide bonds. The molecule has 0 aromatic carbocycles. The Labute approximate surface area is 73.5 Å². The van der Waals surface area contributed by atoms with Gasteiger partial charge >= 0.3 is 0 Å². The molecule has 0 unspecified atom stereocenters. The minimum absolute atomic E-state index is 0.0370. The van der Waals surface area contributed by atoms with Crippen LogP contribution >= 0.6 is 0 Å². The zero-order valence-electron chi connectivity index (χ0n) is 7.96. The smallest absolute Gasteiger partial charge is 0.249 e. The van der Waals surface area contributed by atoms with E-state index in [9.17, 15) is 4.79 Å². The third-order valence-corrected chi connectivity index (χ3v) is 2.08. The van der Waals surface area contributed by atoms with Crippen molar-refractivity contribution in [1.82, 2.24) is 5.32 Å². The molecule has 1 aliphatic rings. The van der Waals surface area contributed by atoms with Gasteiger partial charge in [-0.15, -0.1) is 0 Å². The van der Waals surface area contributed by atoms with Crippen molar-refractivity contribution in [3.8, 4) is 0 Å². The Hall–Kier alpha value is -0.570. The summed E-state index contributed by atoms with van der Waals surface area (Å²) in [6, 6.07) is 0.203. The maximum absolute atomic E-state index is 11.4. The average Bonchev–Trinajstić information content (AvgIpc) is 2.33. The van der Waals surface area contributed by atoms with E-state index in [4.69, 9.17) is 4.74 Å². The number of carbonyl (C=O) groups excluding carboxylic acids is 1. The second-order valence-corrected chi connectivity index (χ2v) is 3.72. The summed E-state index contributed by atoms with van der Waals surface area (Å²) in [7, 11) is 0. The quantitative estimate of drug-likeness (QED) is 0.671. The molecule has 3 nitrogen and oxygen atoms in total. The minimum Gasteiger partial charge on any atom is -0.368 e. The van der Waals surface area contributed by atoms with Crippen LogP contribution in [0.25, 0.3) is 0 Å². The summed E-state index contributed by atoms with van der Waals surface area (Å²) < 4.78 is 5.32. The van der Waals surface area contributed by atoms with Crippen molar-refractivity contribution >= 4 is 5.91 Å². The lowest BCUT2D eigenvalue weighted by Crippen LogP contribution is -2.40. The molecule has 1 N–H and O–H groups in total. The summed E-state index contributed by atoms with van der Waals surface area (Å²) in [6.07, 6.45) is 0.781. The highest BCUT2D eigenvalue weighted by molar-refractivity contribution is 5.81. The molecule has 2 atom stereocenters. The molecule has 0 saturated carbocycles. The van der Waals surface area contributed by atoms with Gasteiger partial charge in [0.05, 0.1) is 0 Å². The molecule has 3 heteroatoms. The summed E-state index contributed by atoms with van der Waals surface area (Å²) in [5.41, 5.74) is 0. The third-order valence-electron chi connectivity index (χ3n) is 2.08. The first-order valence-corrected chi connectivity index (χ1v) is 4.53. The summed E-state index contributed by atoms with van der Waals surface area (Å²) in [5, 5.41) is 2.85. The van der Waals surface area contributed by atoms with Crippen LogP contribution in [-0.4, -0.2) is 24.7 Å². The number of nitrogens with one attached hydrogen (secondary N) is 1. The van der Waals surface area contributed by atoms with Crippen LogP contribution < -0.4 is 5.32 Å². The van der Waals surface area contributed by atoms with Crippen LogP contribution in [-0.2, 0) is 9.53 Å². The number of hydrogen-bond donors (Lipinski definition) is 1. The molecule has 0 aromatic heterocycles. The fourth-order valence-electron chi connectivity index (χ4n) is 1.40. The predicted octanol–water partition coefficient (Wildman–Crippen LogP) is 0.936. The summed E-state index contributed by atoms with van der Waals surface area (Å²) in [5.74, 6) is 0.402. The third kappa shape index (κ3) is 2.21. The first-order valence-electron chi connectivity index (χ1n) is 4.53. The molecule has 0 bridgehead atoms. The second kappa shape index (κ2) is 3.90. The van der Waals surface area contributed by atoms with Crippen LogP contribution in [0, 0.1) is 5.92 Å². The predicted molar refractivity (Wildman–Crippen MR) is 46.8 cm³/mol. The van der Waals surface area contributed by atoms with E-state index < -0.39 is 0 Å². The lowest BCUT2D eigenvalue weighted by Gasteiger charge is -2.16. The van der Waals surface area contributed by atoms with E-state index in [-0.39, 0.29) is 18.1 Å². The number of amides is 1. The Morgan fingerprint density at radius 3 is 2.67 bits per heavy atom. The van der Waals surface area contributed by atoms with Gasteiger partial charge in [-0.05, 0) is 26.2 Å². The highest BCUT2D eigenvalue weighted by Crippen LogP contribution is 2.19. The molecule has 0 aliphatic carbocycles. The van der Waals surface area contributed by atoms with Crippen molar-refractivity contribution in [3.63, 3.8) is 0 Å². The van der Waals surface area contributed by atoms with Crippen molar-refractivity contribution in [1.29, 1.82) is 0 Å². The Balaban J connectivity index is 2.41. The van der Waals surface area contributed by atoms with Crippen LogP contribution in [0.4, 0.5) is 0 Å². The second-order valence-electron chi connectivity index (χ2n) is 3.72. The molecule has 0 spiro atoms. The van der Waals surface area contributed by atoms with Crippen molar-refractivity contribution in [2.45, 2.75) is 39.3 Å². The standard InChI is InChI=1S/C9H17NO2/c1-6(2)10-9(11)8-7(3)4-5-12-8/h6-8H,4-5H2,1-3H3,(H,10,11)/t7-,8+/m1/s1. The molecule has 1 fully saturated rings. The van der Waals surface area contributed by atoms with E-state index in [0.717, 1.165) is 13.0 Å². The van der Waals surface area contributed by atoms with Gasteiger partial charge in [-0.3, -0.25) is 4.79 Å². The van der Waals surface area contributed by atoms with Crippen LogP contribution in [0.2, 0.25) is 0 Å². The van der Waals surface area contributed by atoms with Gasteiger partial charge in [-0.2, -0.15) is 0 Å². The topological polar surface area (TPSA) is 38.3 Å². The zero-order chi connectivity index (χ0) is 9.14. The molecular weight excluding hydrogens is 154 g/mol. The lowest BCUT2D eigenvalue weighted by molar-refractivity contribution is -0.132. The van der Waals surface area contributed by atoms with Gasteiger partial charge in [0.2, 0.25) is 5.91 Å². The van der Waals surface area contributed by atoms with Crippen LogP contribution in [0.5, 0.6) is 0 Å². The van der Waals surface area contributed by atoms with Crippen molar-refractivity contribution in [3.05, 3.63) is 0 Å². The first-order chi connectivity index (χ1) is 5.61. The van der Waals surface area contributed by atoms with Crippen molar-refractivity contribution < 1.29 is 9.53 Å². The van der Waals surface area contributed by atoms with Crippen LogP contribution in [0.3, 0.4) is 0 Å². The Morgan fingerprint density at radius 1 is 1.58 bits per heavy atom. The monoisotopic (exact) mass is 171 g/mol. The number of ether oxygens (including phenoxy) is 1. The molecule has 0 aromatic rings. The normalized spacial score (nSPS) is 29.3. The molecule has 1 heterocycles. The van der Waals surface area contributed by atoms with Crippen molar-refractivity contribution in [2.75, 3.05) is 6.61 Å². The van der Waals surface area contributed by atoms with E-state index in [1.54, 1.807) is 0 Å². The summed E-state index contributed by atoms with van der Waals surface area (Å²) in [4.78, 5) is 11.4. The number of hydrogen-bond acceptors (Lipinski definition) is 2. The highest BCUT2D eigenvalue weighted by Gasteiger charge is 2.30. The molecule has 1 saturated heterocycles. The van der Waals surface area contributed by atoms with Crippen LogP contribution in [0.1, 0.15) is 27.2 Å². The van der Waals surface area contributed by atoms with Gasteiger partial charge in [-0.25, -0.2) is 0 Å². The SMILES string of the molecule is CC(C)NC(=O)[C@H]1OCC[C@H]1C. The number of carbonyl (C=O) groups is 1. The Morgan fingerprint density at radius 2 is 2.25 bits per heavy atom. The lowest BCUT2D eigenvalue weighted by atomic mass is 10.0. The zero-order valence-corrected chi connectivity index (χ0v) is 7.96. The van der Waals surface area contributed by atoms with Gasteiger partial charge in [-0.1, -0.05) is 6.92 Å². The van der Waals surface area contributed by atoms with E-state index in [1.165, 1.54) is 0 Å². The molecule has 70 valence electrons. The van der Waals surface area contributed by atoms with E-state index in [2.05, 4.69) is 12.2 Å². The van der Waals surface area contributed by atoms with Gasteiger partial charge < -0.3 is 10.1 Å². The molecule has 1 rings (SSSR count). The van der Waals surface area contributed by atoms with E-state index >= 15 is 0 Å². The summed E-state index contributed by atoms with van der Waals surface area (Å²) >= 11 is 0. The van der Waals surface area contributed by atoms with Crippen molar-refractivity contribution in [2.24, 2.45) is 5.92 Å². The fourth-order valence-corrected chi connectivity index (χ4v) is 1.40. The van der Waals surface area contributed by atoms with E-state index in [1.807, 2.05) is 13.8 Å². The molecular formula is C9H17NO2. The van der Waals surface area contributed by atoms with Gasteiger partial charge in [0.25, 0.3) is 0 Å².